The number of nitrogens with one attached hydrogen (secondary N) is 1. The second-order valence-electron chi connectivity index (χ2n) is 7.85. The molecular weight excluding hydrogens is 486 g/mol. The van der Waals surface area contributed by atoms with E-state index in [0.29, 0.717) is 20.6 Å². The van der Waals surface area contributed by atoms with Crippen molar-refractivity contribution in [2.75, 3.05) is 13.1 Å². The minimum absolute atomic E-state index is 0.00418. The van der Waals surface area contributed by atoms with Gasteiger partial charge in [-0.1, -0.05) is 59.4 Å². The molecule has 0 radical (unpaired) electrons. The quantitative estimate of drug-likeness (QED) is 0.387. The molecule has 1 heterocycles. The molecule has 1 unspecified atom stereocenters. The molecule has 1 amide bonds. The summed E-state index contributed by atoms with van der Waals surface area (Å²) in [5, 5.41) is 3.30. The summed E-state index contributed by atoms with van der Waals surface area (Å²) < 4.78 is 21.1. The van der Waals surface area contributed by atoms with E-state index in [4.69, 9.17) is 39.5 Å². The third-order valence-electron chi connectivity index (χ3n) is 5.47. The van der Waals surface area contributed by atoms with E-state index in [2.05, 4.69) is 5.43 Å². The van der Waals surface area contributed by atoms with Crippen molar-refractivity contribution in [1.29, 1.82) is 0 Å². The zero-order valence-electron chi connectivity index (χ0n) is 17.7. The Labute approximate surface area is 207 Å². The van der Waals surface area contributed by atoms with Crippen LogP contribution in [0.5, 0.6) is 5.75 Å². The average Bonchev–Trinajstić information content (AvgIpc) is 2.80. The fourth-order valence-corrected chi connectivity index (χ4v) is 4.37. The van der Waals surface area contributed by atoms with Gasteiger partial charge in [0.1, 0.15) is 0 Å². The summed E-state index contributed by atoms with van der Waals surface area (Å²) in [5.41, 5.74) is 4.41. The van der Waals surface area contributed by atoms with Crippen LogP contribution in [-0.4, -0.2) is 24.0 Å². The molecule has 3 aromatic carbocycles. The normalized spacial score (nSPS) is 15.2. The lowest BCUT2D eigenvalue weighted by atomic mass is 10.0. The highest BCUT2D eigenvalue weighted by atomic mass is 35.5. The second-order valence-corrected chi connectivity index (χ2v) is 9.13. The Kier molecular flexibility index (Phi) is 7.76. The number of carbonyl (C=O) groups is 1. The summed E-state index contributed by atoms with van der Waals surface area (Å²) in [5.74, 6) is -1.00. The number of rotatable bonds is 6. The first-order valence-electron chi connectivity index (χ1n) is 10.6. The zero-order chi connectivity index (χ0) is 23.4. The number of nitrogens with zero attached hydrogens (tertiary/aromatic N) is 1. The Hall–Kier alpha value is -2.31. The lowest BCUT2D eigenvalue weighted by Crippen LogP contribution is -2.45. The van der Waals surface area contributed by atoms with Crippen molar-refractivity contribution in [2.45, 2.75) is 25.4 Å². The van der Waals surface area contributed by atoms with Crippen molar-refractivity contribution >= 4 is 40.7 Å². The van der Waals surface area contributed by atoms with E-state index >= 15 is 4.39 Å². The van der Waals surface area contributed by atoms with Gasteiger partial charge in [-0.3, -0.25) is 10.2 Å². The van der Waals surface area contributed by atoms with Crippen LogP contribution in [0.25, 0.3) is 0 Å². The van der Waals surface area contributed by atoms with Crippen LogP contribution in [0.2, 0.25) is 15.1 Å². The van der Waals surface area contributed by atoms with Crippen LogP contribution in [0.1, 0.15) is 46.9 Å². The van der Waals surface area contributed by atoms with Crippen molar-refractivity contribution in [3.05, 3.63) is 98.2 Å². The standard InChI is InChI=1S/C25H22Cl3FN2O2/c26-18-7-4-16(5-8-18)24(20-10-9-19(27)15-21(20)28)33-23-11-6-17(14-22(23)29)25(32)30-31-12-2-1-3-13-31/h4-11,14-15,24H,1-3,12-13H2,(H,30,32). The van der Waals surface area contributed by atoms with Gasteiger partial charge in [0.05, 0.1) is 0 Å². The Balaban J connectivity index is 1.59. The number of benzene rings is 3. The lowest BCUT2D eigenvalue weighted by Gasteiger charge is -2.27. The lowest BCUT2D eigenvalue weighted by molar-refractivity contribution is 0.0749. The van der Waals surface area contributed by atoms with Gasteiger partial charge >= 0.3 is 0 Å². The summed E-state index contributed by atoms with van der Waals surface area (Å²) in [6, 6.07) is 16.2. The number of hydrazine groups is 1. The average molecular weight is 508 g/mol. The van der Waals surface area contributed by atoms with Gasteiger partial charge in [0.15, 0.2) is 17.7 Å². The van der Waals surface area contributed by atoms with Crippen LogP contribution in [0.4, 0.5) is 4.39 Å². The maximum absolute atomic E-state index is 15.0. The molecule has 8 heteroatoms. The van der Waals surface area contributed by atoms with Crippen LogP contribution in [-0.2, 0) is 0 Å². The number of piperidine rings is 1. The minimum atomic E-state index is -0.713. The molecule has 4 nitrogen and oxygen atoms in total. The van der Waals surface area contributed by atoms with Crippen molar-refractivity contribution in [3.8, 4) is 5.75 Å². The number of amides is 1. The Morgan fingerprint density at radius 2 is 1.61 bits per heavy atom. The summed E-state index contributed by atoms with van der Waals surface area (Å²) in [7, 11) is 0. The SMILES string of the molecule is O=C(NN1CCCCC1)c1ccc(OC(c2ccc(Cl)cc2)c2ccc(Cl)cc2Cl)c(F)c1. The molecule has 1 aliphatic heterocycles. The highest BCUT2D eigenvalue weighted by Crippen LogP contribution is 2.35. The number of hydrogen-bond acceptors (Lipinski definition) is 3. The third kappa shape index (κ3) is 5.98. The van der Waals surface area contributed by atoms with Gasteiger partial charge in [-0.05, 0) is 60.9 Å². The largest absolute Gasteiger partial charge is 0.478 e. The van der Waals surface area contributed by atoms with Crippen LogP contribution < -0.4 is 10.2 Å². The summed E-state index contributed by atoms with van der Waals surface area (Å²) in [4.78, 5) is 12.5. The maximum Gasteiger partial charge on any atom is 0.265 e. The predicted molar refractivity (Wildman–Crippen MR) is 130 cm³/mol. The van der Waals surface area contributed by atoms with Gasteiger partial charge in [-0.25, -0.2) is 9.40 Å². The molecule has 0 aliphatic carbocycles. The minimum Gasteiger partial charge on any atom is -0.478 e. The first-order valence-corrected chi connectivity index (χ1v) is 11.8. The highest BCUT2D eigenvalue weighted by molar-refractivity contribution is 6.35. The van der Waals surface area contributed by atoms with Crippen LogP contribution in [0.15, 0.2) is 60.7 Å². The second kappa shape index (κ2) is 10.7. The smallest absolute Gasteiger partial charge is 0.265 e. The molecule has 3 aromatic rings. The van der Waals surface area contributed by atoms with Gasteiger partial charge in [-0.2, -0.15) is 0 Å². The number of carbonyl (C=O) groups excluding carboxylic acids is 1. The summed E-state index contributed by atoms with van der Waals surface area (Å²) in [6.07, 6.45) is 2.50. The molecular formula is C25H22Cl3FN2O2. The molecule has 33 heavy (non-hydrogen) atoms. The van der Waals surface area contributed by atoms with Crippen molar-refractivity contribution < 1.29 is 13.9 Å². The maximum atomic E-state index is 15.0. The Morgan fingerprint density at radius 3 is 2.27 bits per heavy atom. The van der Waals surface area contributed by atoms with Gasteiger partial charge in [0.2, 0.25) is 0 Å². The fourth-order valence-electron chi connectivity index (χ4n) is 3.74. The summed E-state index contributed by atoms with van der Waals surface area (Å²) in [6.45, 7) is 1.58. The topological polar surface area (TPSA) is 41.6 Å². The van der Waals surface area contributed by atoms with E-state index in [1.807, 2.05) is 5.01 Å². The molecule has 1 atom stereocenters. The van der Waals surface area contributed by atoms with E-state index in [1.54, 1.807) is 48.5 Å². The number of halogens is 4. The molecule has 1 aliphatic rings. The van der Waals surface area contributed by atoms with Crippen LogP contribution in [0, 0.1) is 5.82 Å². The number of hydrogen-bond donors (Lipinski definition) is 1. The van der Waals surface area contributed by atoms with E-state index in [0.717, 1.165) is 37.9 Å². The highest BCUT2D eigenvalue weighted by Gasteiger charge is 2.22. The van der Waals surface area contributed by atoms with E-state index in [-0.39, 0.29) is 17.2 Å². The van der Waals surface area contributed by atoms with E-state index < -0.39 is 11.9 Å². The molecule has 1 fully saturated rings. The Morgan fingerprint density at radius 1 is 0.909 bits per heavy atom. The molecule has 172 valence electrons. The van der Waals surface area contributed by atoms with E-state index in [1.165, 1.54) is 12.1 Å². The van der Waals surface area contributed by atoms with Gasteiger partial charge in [-0.15, -0.1) is 0 Å². The number of ether oxygens (including phenoxy) is 1. The third-order valence-corrected chi connectivity index (χ3v) is 6.29. The van der Waals surface area contributed by atoms with Crippen LogP contribution >= 0.6 is 34.8 Å². The van der Waals surface area contributed by atoms with Crippen molar-refractivity contribution in [3.63, 3.8) is 0 Å². The first kappa shape index (κ1) is 23.8. The molecule has 1 saturated heterocycles. The fraction of sp³-hybridized carbons (Fsp3) is 0.240. The molecule has 4 rings (SSSR count). The first-order chi connectivity index (χ1) is 15.9. The van der Waals surface area contributed by atoms with Gasteiger partial charge in [0.25, 0.3) is 5.91 Å². The molecule has 0 spiro atoms. The monoisotopic (exact) mass is 506 g/mol. The predicted octanol–water partition coefficient (Wildman–Crippen LogP) is 7.09. The van der Waals surface area contributed by atoms with Crippen LogP contribution in [0.3, 0.4) is 0 Å². The molecule has 0 bridgehead atoms. The summed E-state index contributed by atoms with van der Waals surface area (Å²) >= 11 is 18.5. The Bertz CT molecular complexity index is 1130. The van der Waals surface area contributed by atoms with Gasteiger partial charge in [0, 0.05) is 39.3 Å². The van der Waals surface area contributed by atoms with Crippen molar-refractivity contribution in [1.82, 2.24) is 10.4 Å². The van der Waals surface area contributed by atoms with Crippen molar-refractivity contribution in [2.24, 2.45) is 0 Å². The molecule has 0 saturated carbocycles. The van der Waals surface area contributed by atoms with Gasteiger partial charge < -0.3 is 4.74 Å². The van der Waals surface area contributed by atoms with E-state index in [9.17, 15) is 4.79 Å². The molecule has 1 N–H and O–H groups in total. The zero-order valence-corrected chi connectivity index (χ0v) is 19.9. The molecule has 0 aromatic heterocycles.